The van der Waals surface area contributed by atoms with Crippen LogP contribution in [0.25, 0.3) is 10.9 Å². The third-order valence-corrected chi connectivity index (χ3v) is 2.16. The largest absolute Gasteiger partial charge is 0.489 e. The molecule has 0 amide bonds. The second-order valence-electron chi connectivity index (χ2n) is 3.10. The maximum Gasteiger partial charge on any atom is 0.489 e. The normalized spacial score (nSPS) is 9.93. The first-order valence-electron chi connectivity index (χ1n) is 4.38. The van der Waals surface area contributed by atoms with Crippen molar-refractivity contribution in [2.75, 3.05) is 0 Å². The number of rotatable bonds is 1. The lowest BCUT2D eigenvalue weighted by molar-refractivity contribution is 0.426. The van der Waals surface area contributed by atoms with Gasteiger partial charge < -0.3 is 10.0 Å². The monoisotopic (exact) mass is 198 g/mol. The smallest absolute Gasteiger partial charge is 0.423 e. The van der Waals surface area contributed by atoms with Crippen molar-refractivity contribution in [2.24, 2.45) is 0 Å². The van der Waals surface area contributed by atoms with Crippen molar-refractivity contribution in [3.63, 3.8) is 0 Å². The van der Waals surface area contributed by atoms with E-state index in [1.54, 1.807) is 30.3 Å². The summed E-state index contributed by atoms with van der Waals surface area (Å²) in [7, 11) is -1.52. The highest BCUT2D eigenvalue weighted by Crippen LogP contribution is 2.10. The van der Waals surface area contributed by atoms with Crippen LogP contribution in [0.5, 0.6) is 0 Å². The molecule has 1 heterocycles. The Morgan fingerprint density at radius 2 is 2.00 bits per heavy atom. The van der Waals surface area contributed by atoms with Gasteiger partial charge in [-0.15, -0.1) is 0 Å². The third kappa shape index (κ3) is 1.68. The van der Waals surface area contributed by atoms with Crippen molar-refractivity contribution in [3.05, 3.63) is 36.0 Å². The van der Waals surface area contributed by atoms with Crippen molar-refractivity contribution in [2.45, 2.75) is 0 Å². The average Bonchev–Trinajstić information content (AvgIpc) is 2.27. The Morgan fingerprint density at radius 3 is 2.67 bits per heavy atom. The lowest BCUT2D eigenvalue weighted by Gasteiger charge is -2.04. The van der Waals surface area contributed by atoms with E-state index < -0.39 is 7.12 Å². The summed E-state index contributed by atoms with van der Waals surface area (Å²) in [6.07, 6.45) is 0. The van der Waals surface area contributed by atoms with Gasteiger partial charge in [-0.1, -0.05) is 18.2 Å². The highest BCUT2D eigenvalue weighted by atomic mass is 16.4. The summed E-state index contributed by atoms with van der Waals surface area (Å²) < 4.78 is 0. The molecule has 0 atom stereocenters. The minimum Gasteiger partial charge on any atom is -0.423 e. The van der Waals surface area contributed by atoms with E-state index in [-0.39, 0.29) is 0 Å². The summed E-state index contributed by atoms with van der Waals surface area (Å²) in [5, 5.41) is 27.5. The molecule has 0 saturated heterocycles. The molecule has 15 heavy (non-hydrogen) atoms. The van der Waals surface area contributed by atoms with Crippen LogP contribution in [0.3, 0.4) is 0 Å². The van der Waals surface area contributed by atoms with E-state index in [0.717, 1.165) is 0 Å². The van der Waals surface area contributed by atoms with Gasteiger partial charge in [-0.2, -0.15) is 5.26 Å². The van der Waals surface area contributed by atoms with Crippen molar-refractivity contribution < 1.29 is 10.0 Å². The predicted molar refractivity (Wildman–Crippen MR) is 56.3 cm³/mol. The van der Waals surface area contributed by atoms with Crippen molar-refractivity contribution in [1.29, 1.82) is 5.26 Å². The lowest BCUT2D eigenvalue weighted by Crippen LogP contribution is -2.30. The molecule has 0 aliphatic rings. The quantitative estimate of drug-likeness (QED) is 0.621. The van der Waals surface area contributed by atoms with Crippen LogP contribution in [-0.4, -0.2) is 22.2 Å². The number of benzene rings is 1. The Labute approximate surface area is 86.6 Å². The number of hydrogen-bond acceptors (Lipinski definition) is 4. The first-order chi connectivity index (χ1) is 7.22. The molecule has 0 fully saturated rings. The van der Waals surface area contributed by atoms with Gasteiger partial charge in [-0.25, -0.2) is 4.98 Å². The van der Waals surface area contributed by atoms with E-state index in [0.29, 0.717) is 22.1 Å². The average molecular weight is 198 g/mol. The maximum absolute atomic E-state index is 9.11. The Kier molecular flexibility index (Phi) is 2.38. The Balaban J connectivity index is 2.73. The molecule has 0 aliphatic carbocycles. The van der Waals surface area contributed by atoms with Crippen LogP contribution in [0.4, 0.5) is 0 Å². The zero-order valence-electron chi connectivity index (χ0n) is 7.75. The van der Waals surface area contributed by atoms with Gasteiger partial charge in [0.1, 0.15) is 11.8 Å². The van der Waals surface area contributed by atoms with Crippen LogP contribution in [-0.2, 0) is 0 Å². The summed E-state index contributed by atoms with van der Waals surface area (Å²) in [5.41, 5.74) is 1.29. The lowest BCUT2D eigenvalue weighted by atomic mass is 9.78. The van der Waals surface area contributed by atoms with Crippen LogP contribution in [0.1, 0.15) is 5.69 Å². The number of nitrogens with zero attached hydrogens (tertiary/aromatic N) is 2. The number of aromatic nitrogens is 1. The number of hydrogen-bond donors (Lipinski definition) is 2. The summed E-state index contributed by atoms with van der Waals surface area (Å²) in [4.78, 5) is 4.05. The molecule has 2 rings (SSSR count). The third-order valence-electron chi connectivity index (χ3n) is 2.16. The number of nitriles is 1. The standard InChI is InChI=1S/C10H7BN2O2/c12-6-7-4-5-8-9(11(14)15)2-1-3-10(8)13-7/h1-5,14-15H. The molecule has 1 aromatic heterocycles. The minimum absolute atomic E-state index is 0.312. The first kappa shape index (κ1) is 9.65. The second-order valence-corrected chi connectivity index (χ2v) is 3.10. The molecule has 2 aromatic rings. The molecule has 0 spiro atoms. The summed E-state index contributed by atoms with van der Waals surface area (Å²) in [6, 6.07) is 10.2. The molecule has 0 radical (unpaired) electrons. The highest BCUT2D eigenvalue weighted by Gasteiger charge is 2.14. The first-order valence-corrected chi connectivity index (χ1v) is 4.38. The predicted octanol–water partition coefficient (Wildman–Crippen LogP) is -0.214. The maximum atomic E-state index is 9.11. The van der Waals surface area contributed by atoms with Crippen molar-refractivity contribution >= 4 is 23.5 Å². The molecule has 0 aliphatic heterocycles. The molecule has 72 valence electrons. The topological polar surface area (TPSA) is 77.1 Å². The SMILES string of the molecule is N#Cc1ccc2c(B(O)O)cccc2n1. The molecular weight excluding hydrogens is 191 g/mol. The molecule has 5 heteroatoms. The van der Waals surface area contributed by atoms with Gasteiger partial charge in [0, 0.05) is 5.39 Å². The number of fused-ring (bicyclic) bond motifs is 1. The van der Waals surface area contributed by atoms with Gasteiger partial charge in [-0.3, -0.25) is 0 Å². The van der Waals surface area contributed by atoms with E-state index in [2.05, 4.69) is 4.98 Å². The highest BCUT2D eigenvalue weighted by molar-refractivity contribution is 6.61. The van der Waals surface area contributed by atoms with Gasteiger partial charge in [0.05, 0.1) is 5.52 Å². The fourth-order valence-corrected chi connectivity index (χ4v) is 1.47. The Hall–Kier alpha value is -1.90. The zero-order chi connectivity index (χ0) is 10.8. The fourth-order valence-electron chi connectivity index (χ4n) is 1.47. The van der Waals surface area contributed by atoms with Gasteiger partial charge in [0.25, 0.3) is 0 Å². The van der Waals surface area contributed by atoms with Crippen LogP contribution >= 0.6 is 0 Å². The molecule has 0 unspecified atom stereocenters. The van der Waals surface area contributed by atoms with Gasteiger partial charge in [0.2, 0.25) is 0 Å². The molecule has 2 N–H and O–H groups in total. The molecular formula is C10H7BN2O2. The van der Waals surface area contributed by atoms with E-state index in [1.165, 1.54) is 0 Å². The van der Waals surface area contributed by atoms with Crippen LogP contribution in [0.2, 0.25) is 0 Å². The van der Waals surface area contributed by atoms with Crippen LogP contribution in [0, 0.1) is 11.3 Å². The van der Waals surface area contributed by atoms with Crippen molar-refractivity contribution in [1.82, 2.24) is 4.98 Å². The molecule has 0 bridgehead atoms. The Morgan fingerprint density at radius 1 is 1.20 bits per heavy atom. The van der Waals surface area contributed by atoms with E-state index in [1.807, 2.05) is 6.07 Å². The van der Waals surface area contributed by atoms with Crippen LogP contribution in [0.15, 0.2) is 30.3 Å². The minimum atomic E-state index is -1.52. The van der Waals surface area contributed by atoms with Crippen molar-refractivity contribution in [3.8, 4) is 6.07 Å². The summed E-state index contributed by atoms with van der Waals surface area (Å²) >= 11 is 0. The fraction of sp³-hybridized carbons (Fsp3) is 0. The molecule has 1 aromatic carbocycles. The van der Waals surface area contributed by atoms with Gasteiger partial charge >= 0.3 is 7.12 Å². The van der Waals surface area contributed by atoms with E-state index in [9.17, 15) is 0 Å². The molecule has 4 nitrogen and oxygen atoms in total. The van der Waals surface area contributed by atoms with Crippen LogP contribution < -0.4 is 5.46 Å². The van der Waals surface area contributed by atoms with Gasteiger partial charge in [0.15, 0.2) is 0 Å². The molecule has 0 saturated carbocycles. The van der Waals surface area contributed by atoms with E-state index >= 15 is 0 Å². The Bertz CT molecular complexity index is 549. The van der Waals surface area contributed by atoms with E-state index in [4.69, 9.17) is 15.3 Å². The zero-order valence-corrected chi connectivity index (χ0v) is 7.75. The number of pyridine rings is 1. The summed E-state index contributed by atoms with van der Waals surface area (Å²) in [6.45, 7) is 0. The van der Waals surface area contributed by atoms with Gasteiger partial charge in [-0.05, 0) is 17.6 Å². The summed E-state index contributed by atoms with van der Waals surface area (Å²) in [5.74, 6) is 0. The second kappa shape index (κ2) is 3.69.